The summed E-state index contributed by atoms with van der Waals surface area (Å²) in [5.41, 5.74) is 2.31. The number of benzene rings is 2. The van der Waals surface area contributed by atoms with Crippen molar-refractivity contribution in [1.29, 1.82) is 0 Å². The number of amides is 1. The molecule has 1 aliphatic heterocycles. The van der Waals surface area contributed by atoms with Gasteiger partial charge in [0, 0.05) is 29.7 Å². The quantitative estimate of drug-likeness (QED) is 0.411. The zero-order valence-electron chi connectivity index (χ0n) is 22.3. The van der Waals surface area contributed by atoms with Gasteiger partial charge in [0.25, 0.3) is 5.91 Å². The number of pyridine rings is 1. The molecule has 1 saturated heterocycles. The number of nitrogens with one attached hydrogen (secondary N) is 1. The molecule has 3 aromatic rings. The van der Waals surface area contributed by atoms with Crippen molar-refractivity contribution in [2.75, 3.05) is 20.8 Å². The first-order chi connectivity index (χ1) is 18.0. The summed E-state index contributed by atoms with van der Waals surface area (Å²) in [6.45, 7) is 3.85. The Morgan fingerprint density at radius 2 is 1.78 bits per heavy atom. The molecule has 1 amide bonds. The predicted octanol–water partition coefficient (Wildman–Crippen LogP) is 5.99. The number of ether oxygens (including phenoxy) is 2. The van der Waals surface area contributed by atoms with Crippen molar-refractivity contribution in [1.82, 2.24) is 15.2 Å². The smallest absolute Gasteiger partial charge is 0.254 e. The molecule has 1 aliphatic carbocycles. The van der Waals surface area contributed by atoms with E-state index < -0.39 is 0 Å². The van der Waals surface area contributed by atoms with E-state index in [1.807, 2.05) is 42.6 Å². The Labute approximate surface area is 220 Å². The Balaban J connectivity index is 1.60. The van der Waals surface area contributed by atoms with Crippen LogP contribution in [0, 0.1) is 5.92 Å². The molecule has 196 valence electrons. The fourth-order valence-corrected chi connectivity index (χ4v) is 6.54. The van der Waals surface area contributed by atoms with Gasteiger partial charge in [0.2, 0.25) is 0 Å². The topological polar surface area (TPSA) is 63.7 Å². The average molecular weight is 502 g/mol. The number of carbonyl (C=O) groups excluding carboxylic acids is 1. The van der Waals surface area contributed by atoms with E-state index in [0.29, 0.717) is 29.5 Å². The normalized spacial score (nSPS) is 19.9. The van der Waals surface area contributed by atoms with Gasteiger partial charge in [0.15, 0.2) is 11.5 Å². The Bertz CT molecular complexity index is 1230. The molecule has 37 heavy (non-hydrogen) atoms. The van der Waals surface area contributed by atoms with Gasteiger partial charge in [-0.05, 0) is 81.0 Å². The Morgan fingerprint density at radius 1 is 1.00 bits per heavy atom. The van der Waals surface area contributed by atoms with Crippen molar-refractivity contribution in [3.63, 3.8) is 0 Å². The molecule has 2 unspecified atom stereocenters. The lowest BCUT2D eigenvalue weighted by Crippen LogP contribution is -2.63. The first kappa shape index (κ1) is 25.5. The van der Waals surface area contributed by atoms with E-state index in [1.165, 1.54) is 19.3 Å². The first-order valence-corrected chi connectivity index (χ1v) is 13.7. The highest BCUT2D eigenvalue weighted by atomic mass is 16.5. The number of nitrogens with zero attached hydrogens (tertiary/aromatic N) is 2. The van der Waals surface area contributed by atoms with E-state index in [0.717, 1.165) is 48.7 Å². The van der Waals surface area contributed by atoms with Crippen molar-refractivity contribution in [3.05, 3.63) is 65.9 Å². The molecule has 6 nitrogen and oxygen atoms in total. The van der Waals surface area contributed by atoms with Crippen LogP contribution in [-0.4, -0.2) is 48.1 Å². The third kappa shape index (κ3) is 5.04. The number of carbonyl (C=O) groups is 1. The lowest BCUT2D eigenvalue weighted by molar-refractivity contribution is 0.00201. The summed E-state index contributed by atoms with van der Waals surface area (Å²) in [7, 11) is 3.23. The molecule has 1 N–H and O–H groups in total. The standard InChI is InChI=1S/C31H39N3O3/c1-31(29-14-9-17-32-29,25-11-5-4-6-12-25)34(21-22-18-23-10-7-8-13-26(23)33-20-22)30(35)24-15-16-27(36-2)28(19-24)37-3/h7-8,10,13,15-16,18-20,25,29,32H,4-6,9,11-12,14,17,21H2,1-3H3. The van der Waals surface area contributed by atoms with Crippen LogP contribution in [-0.2, 0) is 6.54 Å². The highest BCUT2D eigenvalue weighted by Crippen LogP contribution is 2.43. The molecule has 0 spiro atoms. The summed E-state index contributed by atoms with van der Waals surface area (Å²) >= 11 is 0. The fraction of sp³-hybridized carbons (Fsp3) is 0.484. The number of fused-ring (bicyclic) bond motifs is 1. The SMILES string of the molecule is COc1ccc(C(=O)N(Cc2cnc3ccccc3c2)C(C)(C2CCCCC2)C2CCCN2)cc1OC. The molecule has 2 heterocycles. The third-order valence-corrected chi connectivity index (χ3v) is 8.64. The van der Waals surface area contributed by atoms with Gasteiger partial charge >= 0.3 is 0 Å². The Kier molecular flexibility index (Phi) is 7.65. The van der Waals surface area contributed by atoms with Gasteiger partial charge in [-0.2, -0.15) is 0 Å². The van der Waals surface area contributed by atoms with E-state index in [9.17, 15) is 4.79 Å². The van der Waals surface area contributed by atoms with E-state index in [2.05, 4.69) is 29.3 Å². The first-order valence-electron chi connectivity index (χ1n) is 13.7. The molecule has 0 bridgehead atoms. The van der Waals surface area contributed by atoms with Crippen LogP contribution in [0.3, 0.4) is 0 Å². The maximum absolute atomic E-state index is 14.5. The molecule has 0 radical (unpaired) electrons. The number of rotatable bonds is 8. The highest BCUT2D eigenvalue weighted by Gasteiger charge is 2.49. The monoisotopic (exact) mass is 501 g/mol. The molecule has 2 fully saturated rings. The van der Waals surface area contributed by atoms with Crippen molar-refractivity contribution < 1.29 is 14.3 Å². The van der Waals surface area contributed by atoms with Crippen molar-refractivity contribution in [2.45, 2.75) is 70.0 Å². The van der Waals surface area contributed by atoms with Gasteiger partial charge in [-0.1, -0.05) is 37.5 Å². The minimum atomic E-state index is -0.327. The van der Waals surface area contributed by atoms with Gasteiger partial charge in [0.05, 0.1) is 25.3 Å². The molecule has 6 heteroatoms. The maximum atomic E-state index is 14.5. The van der Waals surface area contributed by atoms with Crippen LogP contribution in [0.4, 0.5) is 0 Å². The summed E-state index contributed by atoms with van der Waals surface area (Å²) in [5, 5.41) is 4.88. The minimum absolute atomic E-state index is 0.0240. The van der Waals surface area contributed by atoms with Crippen molar-refractivity contribution in [3.8, 4) is 11.5 Å². The molecule has 1 saturated carbocycles. The van der Waals surface area contributed by atoms with Crippen LogP contribution in [0.25, 0.3) is 10.9 Å². The van der Waals surface area contributed by atoms with Gasteiger partial charge in [-0.3, -0.25) is 9.78 Å². The third-order valence-electron chi connectivity index (χ3n) is 8.64. The summed E-state index contributed by atoms with van der Waals surface area (Å²) in [4.78, 5) is 21.4. The van der Waals surface area contributed by atoms with Gasteiger partial charge < -0.3 is 19.7 Å². The number of methoxy groups -OCH3 is 2. The van der Waals surface area contributed by atoms with E-state index in [-0.39, 0.29) is 17.5 Å². The maximum Gasteiger partial charge on any atom is 0.254 e. The van der Waals surface area contributed by atoms with Crippen molar-refractivity contribution >= 4 is 16.8 Å². The van der Waals surface area contributed by atoms with Gasteiger partial charge in [-0.25, -0.2) is 0 Å². The predicted molar refractivity (Wildman–Crippen MR) is 147 cm³/mol. The molecule has 2 aliphatic rings. The summed E-state index contributed by atoms with van der Waals surface area (Å²) in [6.07, 6.45) is 10.2. The van der Waals surface area contributed by atoms with Crippen LogP contribution in [0.2, 0.25) is 0 Å². The molecule has 5 rings (SSSR count). The summed E-state index contributed by atoms with van der Waals surface area (Å²) in [5.74, 6) is 1.65. The van der Waals surface area contributed by atoms with E-state index in [1.54, 1.807) is 14.2 Å². The van der Waals surface area contributed by atoms with E-state index in [4.69, 9.17) is 14.5 Å². The number of hydrogen-bond donors (Lipinski definition) is 1. The minimum Gasteiger partial charge on any atom is -0.493 e. The zero-order chi connectivity index (χ0) is 25.8. The molecular weight excluding hydrogens is 462 g/mol. The number of para-hydroxylation sites is 1. The largest absolute Gasteiger partial charge is 0.493 e. The van der Waals surface area contributed by atoms with Crippen LogP contribution in [0.5, 0.6) is 11.5 Å². The second kappa shape index (κ2) is 11.1. The average Bonchev–Trinajstić information content (AvgIpc) is 3.51. The van der Waals surface area contributed by atoms with Gasteiger partial charge in [-0.15, -0.1) is 0 Å². The number of hydrogen-bond acceptors (Lipinski definition) is 5. The Hall–Kier alpha value is -3.12. The molecular formula is C31H39N3O3. The van der Waals surface area contributed by atoms with Crippen LogP contribution >= 0.6 is 0 Å². The molecule has 2 atom stereocenters. The summed E-state index contributed by atoms with van der Waals surface area (Å²) < 4.78 is 11.0. The van der Waals surface area contributed by atoms with Crippen LogP contribution in [0.1, 0.15) is 67.8 Å². The van der Waals surface area contributed by atoms with Crippen molar-refractivity contribution in [2.24, 2.45) is 5.92 Å². The van der Waals surface area contributed by atoms with Crippen LogP contribution in [0.15, 0.2) is 54.7 Å². The fourth-order valence-electron chi connectivity index (χ4n) is 6.54. The second-order valence-corrected chi connectivity index (χ2v) is 10.7. The van der Waals surface area contributed by atoms with Gasteiger partial charge in [0.1, 0.15) is 0 Å². The number of aromatic nitrogens is 1. The van der Waals surface area contributed by atoms with E-state index >= 15 is 0 Å². The highest BCUT2D eigenvalue weighted by molar-refractivity contribution is 5.95. The molecule has 2 aromatic carbocycles. The lowest BCUT2D eigenvalue weighted by atomic mass is 9.70. The zero-order valence-corrected chi connectivity index (χ0v) is 22.3. The second-order valence-electron chi connectivity index (χ2n) is 10.7. The Morgan fingerprint density at radius 3 is 2.51 bits per heavy atom. The summed E-state index contributed by atoms with van der Waals surface area (Å²) in [6, 6.07) is 16.1. The molecule has 1 aromatic heterocycles. The lowest BCUT2D eigenvalue weighted by Gasteiger charge is -2.51. The van der Waals surface area contributed by atoms with Crippen LogP contribution < -0.4 is 14.8 Å².